The van der Waals surface area contributed by atoms with Crippen molar-refractivity contribution in [1.29, 1.82) is 0 Å². The van der Waals surface area contributed by atoms with E-state index in [1.165, 1.54) is 4.90 Å². The molecule has 0 radical (unpaired) electrons. The fraction of sp³-hybridized carbons (Fsp3) is 0.318. The molecule has 30 heavy (non-hydrogen) atoms. The zero-order valence-electron chi connectivity index (χ0n) is 17.2. The van der Waals surface area contributed by atoms with Gasteiger partial charge in [0.2, 0.25) is 0 Å². The minimum absolute atomic E-state index is 0.000820. The average molecular weight is 425 g/mol. The summed E-state index contributed by atoms with van der Waals surface area (Å²) in [6, 6.07) is 17.3. The summed E-state index contributed by atoms with van der Waals surface area (Å²) in [6.07, 6.45) is 4.10. The molecule has 0 bridgehead atoms. The monoisotopic (exact) mass is 424 g/mol. The second-order valence-electron chi connectivity index (χ2n) is 7.37. The number of aromatic nitrogens is 3. The summed E-state index contributed by atoms with van der Waals surface area (Å²) in [7, 11) is 2.00. The number of carbonyl (C=O) groups is 1. The molecule has 1 saturated heterocycles. The molecule has 2 aromatic carbocycles. The van der Waals surface area contributed by atoms with E-state index in [0.29, 0.717) is 6.54 Å². The third-order valence-electron chi connectivity index (χ3n) is 5.35. The first-order valence-electron chi connectivity index (χ1n) is 10.0. The van der Waals surface area contributed by atoms with Crippen molar-refractivity contribution < 1.29 is 14.4 Å². The largest absolute Gasteiger partial charge is 0.457 e. The summed E-state index contributed by atoms with van der Waals surface area (Å²) >= 11 is 1.58. The summed E-state index contributed by atoms with van der Waals surface area (Å²) in [5, 5.41) is 12.5. The van der Waals surface area contributed by atoms with E-state index < -0.39 is 0 Å². The van der Waals surface area contributed by atoms with Gasteiger partial charge >= 0.3 is 0 Å². The van der Waals surface area contributed by atoms with Crippen LogP contribution in [-0.2, 0) is 11.8 Å². The van der Waals surface area contributed by atoms with Crippen LogP contribution in [0.1, 0.15) is 24.7 Å². The first-order valence-corrected chi connectivity index (χ1v) is 11.3. The van der Waals surface area contributed by atoms with Crippen LogP contribution in [0.3, 0.4) is 0 Å². The molecule has 3 aromatic rings. The van der Waals surface area contributed by atoms with Gasteiger partial charge in [-0.3, -0.25) is 4.79 Å². The van der Waals surface area contributed by atoms with E-state index >= 15 is 0 Å². The highest BCUT2D eigenvalue weighted by Gasteiger charge is 2.35. The molecular weight excluding hydrogens is 398 g/mol. The molecule has 156 valence electrons. The summed E-state index contributed by atoms with van der Waals surface area (Å²) in [4.78, 5) is 13.9. The van der Waals surface area contributed by atoms with E-state index in [4.69, 9.17) is 4.74 Å². The van der Waals surface area contributed by atoms with E-state index in [1.54, 1.807) is 11.8 Å². The number of anilines is 1. The number of hydrogen-bond donors (Lipinski definition) is 2. The molecule has 1 unspecified atom stereocenters. The molecule has 2 N–H and O–H groups in total. The van der Waals surface area contributed by atoms with Crippen LogP contribution in [0.2, 0.25) is 0 Å². The van der Waals surface area contributed by atoms with Gasteiger partial charge in [0.1, 0.15) is 17.5 Å². The van der Waals surface area contributed by atoms with Crippen LogP contribution < -0.4 is 15.0 Å². The fourth-order valence-electron chi connectivity index (χ4n) is 3.88. The lowest BCUT2D eigenvalue weighted by molar-refractivity contribution is -0.911. The molecule has 8 heteroatoms. The van der Waals surface area contributed by atoms with Gasteiger partial charge in [0.05, 0.1) is 6.54 Å². The number of quaternary nitrogens is 1. The molecule has 1 amide bonds. The highest BCUT2D eigenvalue weighted by molar-refractivity contribution is 7.98. The predicted octanol–water partition coefficient (Wildman–Crippen LogP) is 2.69. The van der Waals surface area contributed by atoms with Gasteiger partial charge in [-0.25, -0.2) is 0 Å². The number of nitrogens with zero attached hydrogens (tertiary/aromatic N) is 3. The minimum Gasteiger partial charge on any atom is -0.457 e. The van der Waals surface area contributed by atoms with Gasteiger partial charge in [0.25, 0.3) is 5.91 Å². The normalized spacial score (nSPS) is 18.3. The van der Waals surface area contributed by atoms with Crippen molar-refractivity contribution in [2.24, 2.45) is 7.05 Å². The number of rotatable bonds is 7. The second kappa shape index (κ2) is 9.32. The van der Waals surface area contributed by atoms with Crippen LogP contribution in [-0.4, -0.2) is 40.0 Å². The predicted molar refractivity (Wildman–Crippen MR) is 117 cm³/mol. The molecule has 0 saturated carbocycles. The Labute approximate surface area is 180 Å². The van der Waals surface area contributed by atoms with Crippen molar-refractivity contribution in [3.05, 3.63) is 60.4 Å². The topological polar surface area (TPSA) is 73.5 Å². The van der Waals surface area contributed by atoms with Gasteiger partial charge in [-0.2, -0.15) is 0 Å². The summed E-state index contributed by atoms with van der Waals surface area (Å²) < 4.78 is 7.84. The van der Waals surface area contributed by atoms with Crippen molar-refractivity contribution in [1.82, 2.24) is 14.8 Å². The highest BCUT2D eigenvalue weighted by atomic mass is 32.2. The van der Waals surface area contributed by atoms with Crippen LogP contribution in [0.4, 0.5) is 5.69 Å². The fourth-order valence-corrected chi connectivity index (χ4v) is 4.37. The first kappa shape index (κ1) is 20.4. The molecule has 7 nitrogen and oxygen atoms in total. The van der Waals surface area contributed by atoms with Crippen molar-refractivity contribution in [3.8, 4) is 11.5 Å². The number of amides is 1. The van der Waals surface area contributed by atoms with E-state index in [2.05, 4.69) is 15.5 Å². The Morgan fingerprint density at radius 3 is 2.60 bits per heavy atom. The Balaban J connectivity index is 1.35. The molecule has 1 fully saturated rings. The number of nitrogens with one attached hydrogen (secondary N) is 2. The number of hydrogen-bond acceptors (Lipinski definition) is 5. The van der Waals surface area contributed by atoms with Crippen molar-refractivity contribution in [3.63, 3.8) is 0 Å². The maximum Gasteiger partial charge on any atom is 0.279 e. The lowest BCUT2D eigenvalue weighted by atomic mass is 10.2. The van der Waals surface area contributed by atoms with E-state index in [1.807, 2.05) is 72.5 Å². The summed E-state index contributed by atoms with van der Waals surface area (Å²) in [5.41, 5.74) is 0.763. The molecule has 4 rings (SSSR count). The Kier molecular flexibility index (Phi) is 6.35. The molecule has 1 aliphatic heterocycles. The SMILES string of the molecule is CSc1nnc([C@H]2CCC[NH+]2CC(=O)Nc2ccc(Oc3ccccc3)cc2)n1C. The average Bonchev–Trinajstić information content (AvgIpc) is 3.35. The van der Waals surface area contributed by atoms with Crippen LogP contribution in [0, 0.1) is 0 Å². The smallest absolute Gasteiger partial charge is 0.279 e. The number of carbonyl (C=O) groups excluding carboxylic acids is 1. The number of benzene rings is 2. The second-order valence-corrected chi connectivity index (χ2v) is 8.14. The molecule has 1 aromatic heterocycles. The van der Waals surface area contributed by atoms with Gasteiger partial charge in [-0.15, -0.1) is 10.2 Å². The Hall–Kier alpha value is -2.84. The van der Waals surface area contributed by atoms with Crippen molar-refractivity contribution in [2.45, 2.75) is 24.0 Å². The van der Waals surface area contributed by atoms with Crippen molar-refractivity contribution >= 4 is 23.4 Å². The Morgan fingerprint density at radius 2 is 1.90 bits per heavy atom. The number of para-hydroxylation sites is 1. The Morgan fingerprint density at radius 1 is 1.17 bits per heavy atom. The molecular formula is C22H26N5O2S+. The lowest BCUT2D eigenvalue weighted by Gasteiger charge is -2.20. The third kappa shape index (κ3) is 4.66. The van der Waals surface area contributed by atoms with E-state index in [0.717, 1.165) is 47.6 Å². The first-order chi connectivity index (χ1) is 14.6. The number of thioether (sulfide) groups is 1. The minimum atomic E-state index is 0.000820. The van der Waals surface area contributed by atoms with Gasteiger partial charge in [-0.05, 0) is 42.7 Å². The van der Waals surface area contributed by atoms with Crippen molar-refractivity contribution in [2.75, 3.05) is 24.7 Å². The quantitative estimate of drug-likeness (QED) is 0.571. The molecule has 2 heterocycles. The number of ether oxygens (including phenoxy) is 1. The third-order valence-corrected chi connectivity index (χ3v) is 6.07. The summed E-state index contributed by atoms with van der Waals surface area (Å²) in [6.45, 7) is 1.37. The van der Waals surface area contributed by atoms with Gasteiger partial charge in [-0.1, -0.05) is 30.0 Å². The van der Waals surface area contributed by atoms with E-state index in [9.17, 15) is 4.79 Å². The maximum atomic E-state index is 12.7. The van der Waals surface area contributed by atoms with Crippen LogP contribution in [0.25, 0.3) is 0 Å². The van der Waals surface area contributed by atoms with Gasteiger partial charge in [0.15, 0.2) is 17.5 Å². The highest BCUT2D eigenvalue weighted by Crippen LogP contribution is 2.23. The van der Waals surface area contributed by atoms with Gasteiger partial charge < -0.3 is 19.5 Å². The lowest BCUT2D eigenvalue weighted by Crippen LogP contribution is -3.11. The molecule has 0 spiro atoms. The van der Waals surface area contributed by atoms with Crippen LogP contribution >= 0.6 is 11.8 Å². The van der Waals surface area contributed by atoms with Crippen LogP contribution in [0.15, 0.2) is 59.8 Å². The van der Waals surface area contributed by atoms with Gasteiger partial charge in [0, 0.05) is 25.6 Å². The molecule has 2 atom stereocenters. The maximum absolute atomic E-state index is 12.7. The standard InChI is InChI=1S/C22H25N5O2S/c1-26-21(24-25-22(26)30-2)19-9-6-14-27(19)15-20(28)23-16-10-12-18(13-11-16)29-17-7-4-3-5-8-17/h3-5,7-8,10-13,19H,6,9,14-15H2,1-2H3,(H,23,28)/p+1/t19-/m1/s1. The molecule has 1 aliphatic rings. The zero-order chi connectivity index (χ0) is 20.9. The summed E-state index contributed by atoms with van der Waals surface area (Å²) in [5.74, 6) is 2.48. The molecule has 0 aliphatic carbocycles. The zero-order valence-corrected chi connectivity index (χ0v) is 18.0. The van der Waals surface area contributed by atoms with E-state index in [-0.39, 0.29) is 11.9 Å². The Bertz CT molecular complexity index is 991. The van der Waals surface area contributed by atoms with Crippen LogP contribution in [0.5, 0.6) is 11.5 Å². The number of likely N-dealkylation sites (tertiary alicyclic amines) is 1.